The minimum absolute atomic E-state index is 0.522. The van der Waals surface area contributed by atoms with Gasteiger partial charge in [-0.2, -0.15) is 0 Å². The SMILES string of the molecule is c1ccc(N2c3ccccc3C3(c4ccccc4-c4ccc(N(c5ccc6c(c5)C5(c7ccccc7-c7ccccc75)c5ccccc5-6)c5ccc6c(c5)C5(c7ccccc7-c7ccccc75)c5ccccc5-6)cc43)c3ccccc32)cc1. The van der Waals surface area contributed by atoms with Crippen LogP contribution in [0.15, 0.2) is 303 Å². The molecule has 19 rings (SSSR count). The highest BCUT2D eigenvalue weighted by atomic mass is 15.2. The summed E-state index contributed by atoms with van der Waals surface area (Å²) in [5.74, 6) is 0. The van der Waals surface area contributed by atoms with Crippen molar-refractivity contribution in [2.45, 2.75) is 16.2 Å². The van der Waals surface area contributed by atoms with Crippen molar-refractivity contribution in [3.63, 3.8) is 0 Å². The van der Waals surface area contributed by atoms with E-state index < -0.39 is 16.2 Å². The molecule has 3 spiro atoms. The average Bonchev–Trinajstić information content (AvgIpc) is 2.39. The highest BCUT2D eigenvalue weighted by Crippen LogP contribution is 2.68. The molecule has 0 atom stereocenters. The molecule has 0 saturated heterocycles. The van der Waals surface area contributed by atoms with Crippen molar-refractivity contribution in [1.29, 1.82) is 0 Å². The van der Waals surface area contributed by atoms with Crippen LogP contribution in [0, 0.1) is 0 Å². The maximum atomic E-state index is 2.60. The molecule has 2 heteroatoms. The van der Waals surface area contributed by atoms with Gasteiger partial charge in [-0.3, -0.25) is 0 Å². The number of para-hydroxylation sites is 3. The van der Waals surface area contributed by atoms with Crippen LogP contribution in [-0.2, 0) is 16.2 Å². The molecule has 0 aromatic heterocycles. The van der Waals surface area contributed by atoms with E-state index in [1.165, 1.54) is 134 Å². The Hall–Kier alpha value is -10.5. The Labute approximate surface area is 483 Å². The Kier molecular flexibility index (Phi) is 8.89. The van der Waals surface area contributed by atoms with E-state index in [0.717, 1.165) is 22.7 Å². The molecule has 83 heavy (non-hydrogen) atoms. The monoisotopic (exact) mass is 1050 g/mol. The van der Waals surface area contributed by atoms with Gasteiger partial charge in [0.25, 0.3) is 0 Å². The first-order valence-corrected chi connectivity index (χ1v) is 29.2. The molecular weight excluding hydrogens is 1000 g/mol. The Morgan fingerprint density at radius 1 is 0.193 bits per heavy atom. The quantitative estimate of drug-likeness (QED) is 0.173. The van der Waals surface area contributed by atoms with Gasteiger partial charge >= 0.3 is 0 Å². The van der Waals surface area contributed by atoms with Gasteiger partial charge in [-0.15, -0.1) is 0 Å². The third-order valence-electron chi connectivity index (χ3n) is 19.9. The molecule has 6 aliphatic rings. The van der Waals surface area contributed by atoms with Crippen LogP contribution in [-0.4, -0.2) is 0 Å². The number of benzene rings is 13. The number of nitrogens with zero attached hydrogens (tertiary/aromatic N) is 2. The third kappa shape index (κ3) is 5.45. The van der Waals surface area contributed by atoms with Crippen molar-refractivity contribution in [3.05, 3.63) is 370 Å². The number of hydrogen-bond acceptors (Lipinski definition) is 2. The van der Waals surface area contributed by atoms with Gasteiger partial charge in [0.2, 0.25) is 0 Å². The number of rotatable bonds is 4. The number of anilines is 6. The van der Waals surface area contributed by atoms with Gasteiger partial charge in [-0.25, -0.2) is 0 Å². The van der Waals surface area contributed by atoms with E-state index in [4.69, 9.17) is 0 Å². The van der Waals surface area contributed by atoms with E-state index >= 15 is 0 Å². The van der Waals surface area contributed by atoms with E-state index in [1.807, 2.05) is 0 Å². The molecule has 1 aliphatic heterocycles. The minimum atomic E-state index is -0.645. The summed E-state index contributed by atoms with van der Waals surface area (Å²) in [5.41, 5.74) is 33.8. The molecule has 2 nitrogen and oxygen atoms in total. The first kappa shape index (κ1) is 45.2. The largest absolute Gasteiger partial charge is 0.310 e. The van der Waals surface area contributed by atoms with Gasteiger partial charge in [0.05, 0.1) is 27.6 Å². The lowest BCUT2D eigenvalue weighted by molar-refractivity contribution is 0.752. The lowest BCUT2D eigenvalue weighted by Crippen LogP contribution is -2.36. The van der Waals surface area contributed by atoms with Crippen LogP contribution in [0.2, 0.25) is 0 Å². The van der Waals surface area contributed by atoms with Gasteiger partial charge < -0.3 is 9.80 Å². The number of hydrogen-bond donors (Lipinski definition) is 0. The fourth-order valence-corrected chi connectivity index (χ4v) is 17.0. The van der Waals surface area contributed by atoms with Crippen molar-refractivity contribution < 1.29 is 0 Å². The zero-order valence-electron chi connectivity index (χ0n) is 45.3. The van der Waals surface area contributed by atoms with Crippen molar-refractivity contribution >= 4 is 34.1 Å². The zero-order valence-corrected chi connectivity index (χ0v) is 45.3. The molecule has 0 amide bonds. The Bertz CT molecular complexity index is 4600. The van der Waals surface area contributed by atoms with Crippen LogP contribution in [0.5, 0.6) is 0 Å². The van der Waals surface area contributed by atoms with Crippen LogP contribution >= 0.6 is 0 Å². The first-order chi connectivity index (χ1) is 41.2. The van der Waals surface area contributed by atoms with Gasteiger partial charge in [-0.1, -0.05) is 243 Å². The maximum Gasteiger partial charge on any atom is 0.0755 e. The Balaban J connectivity index is 0.907. The van der Waals surface area contributed by atoms with E-state index in [0.29, 0.717) is 0 Å². The summed E-state index contributed by atoms with van der Waals surface area (Å²) in [5, 5.41) is 0. The topological polar surface area (TPSA) is 6.48 Å². The molecule has 13 aromatic rings. The molecule has 0 saturated carbocycles. The standard InChI is InChI=1S/C81H50N2/c1-2-22-51(23-3-1)83-77-40-20-18-38-72(77)81(73-39-19-21-41-78(73)83)71-37-17-10-30-61(71)64-47-44-54(50-76(64)81)82(52-42-45-62-59-28-8-15-35-69(59)79(74(62)48-52)65-31-11-4-24-55(65)56-25-5-12-32-66(56)79)53-43-46-63-60-29-9-16-36-70(60)80(75(63)49-53)67-33-13-6-26-57(67)58-27-7-14-34-68(58)80/h1-50H. The average molecular weight is 1050 g/mol. The molecule has 0 N–H and O–H groups in total. The summed E-state index contributed by atoms with van der Waals surface area (Å²) in [4.78, 5) is 5.07. The first-order valence-electron chi connectivity index (χ1n) is 29.2. The molecule has 0 radical (unpaired) electrons. The van der Waals surface area contributed by atoms with Gasteiger partial charge in [0, 0.05) is 22.7 Å². The molecule has 5 aliphatic carbocycles. The minimum Gasteiger partial charge on any atom is -0.310 e. The van der Waals surface area contributed by atoms with Crippen LogP contribution < -0.4 is 9.80 Å². The summed E-state index contributed by atoms with van der Waals surface area (Å²) in [6, 6.07) is 116. The van der Waals surface area contributed by atoms with Crippen molar-refractivity contribution in [2.75, 3.05) is 9.80 Å². The molecular formula is C81H50N2. The van der Waals surface area contributed by atoms with Crippen molar-refractivity contribution in [3.8, 4) is 55.6 Å². The van der Waals surface area contributed by atoms with Crippen LogP contribution in [0.4, 0.5) is 34.1 Å². The fourth-order valence-electron chi connectivity index (χ4n) is 17.0. The summed E-state index contributed by atoms with van der Waals surface area (Å²) in [6.45, 7) is 0. The highest BCUT2D eigenvalue weighted by molar-refractivity contribution is 6.01. The van der Waals surface area contributed by atoms with Crippen LogP contribution in [0.25, 0.3) is 55.6 Å². The smallest absolute Gasteiger partial charge is 0.0755 e. The van der Waals surface area contributed by atoms with E-state index in [-0.39, 0.29) is 0 Å². The summed E-state index contributed by atoms with van der Waals surface area (Å²) in [6.07, 6.45) is 0. The highest BCUT2D eigenvalue weighted by Gasteiger charge is 2.55. The summed E-state index contributed by atoms with van der Waals surface area (Å²) >= 11 is 0. The molecule has 13 aromatic carbocycles. The van der Waals surface area contributed by atoms with Gasteiger partial charge in [0.15, 0.2) is 0 Å². The third-order valence-corrected chi connectivity index (χ3v) is 19.9. The second kappa shape index (κ2) is 16.3. The lowest BCUT2D eigenvalue weighted by Gasteiger charge is -2.45. The predicted molar refractivity (Wildman–Crippen MR) is 339 cm³/mol. The van der Waals surface area contributed by atoms with E-state index in [9.17, 15) is 0 Å². The van der Waals surface area contributed by atoms with E-state index in [1.54, 1.807) is 0 Å². The second-order valence-electron chi connectivity index (χ2n) is 23.3. The van der Waals surface area contributed by atoms with Crippen LogP contribution in [0.3, 0.4) is 0 Å². The maximum absolute atomic E-state index is 2.60. The van der Waals surface area contributed by atoms with Crippen molar-refractivity contribution in [2.24, 2.45) is 0 Å². The zero-order chi connectivity index (χ0) is 54.2. The summed E-state index contributed by atoms with van der Waals surface area (Å²) in [7, 11) is 0. The van der Waals surface area contributed by atoms with Gasteiger partial charge in [-0.05, 0) is 183 Å². The second-order valence-corrected chi connectivity index (χ2v) is 23.3. The Morgan fingerprint density at radius 3 is 0.723 bits per heavy atom. The predicted octanol–water partition coefficient (Wildman–Crippen LogP) is 20.0. The number of fused-ring (bicyclic) bond motifs is 29. The molecule has 0 bridgehead atoms. The van der Waals surface area contributed by atoms with Crippen LogP contribution in [0.1, 0.15) is 66.8 Å². The normalized spacial score (nSPS) is 15.0. The Morgan fingerprint density at radius 2 is 0.422 bits per heavy atom. The summed E-state index contributed by atoms with van der Waals surface area (Å²) < 4.78 is 0. The molecule has 384 valence electrons. The molecule has 0 unspecified atom stereocenters. The lowest BCUT2D eigenvalue weighted by atomic mass is 9.64. The molecule has 1 heterocycles. The van der Waals surface area contributed by atoms with E-state index in [2.05, 4.69) is 313 Å². The molecule has 0 fully saturated rings. The van der Waals surface area contributed by atoms with Crippen molar-refractivity contribution in [1.82, 2.24) is 0 Å². The van der Waals surface area contributed by atoms with Gasteiger partial charge in [0.1, 0.15) is 0 Å². The fraction of sp³-hybridized carbons (Fsp3) is 0.0370.